The molecule has 6 heteroatoms. The van der Waals surface area contributed by atoms with Crippen molar-refractivity contribution >= 4 is 11.8 Å². The van der Waals surface area contributed by atoms with Gasteiger partial charge in [0, 0.05) is 38.3 Å². The second-order valence-electron chi connectivity index (χ2n) is 6.50. The van der Waals surface area contributed by atoms with E-state index in [2.05, 4.69) is 24.1 Å². The van der Waals surface area contributed by atoms with Crippen LogP contribution in [0.3, 0.4) is 0 Å². The van der Waals surface area contributed by atoms with E-state index >= 15 is 0 Å². The largest absolute Gasteiger partial charge is 0.497 e. The third-order valence-electron chi connectivity index (χ3n) is 4.05. The van der Waals surface area contributed by atoms with E-state index in [0.717, 1.165) is 0 Å². The molecule has 0 unspecified atom stereocenters. The molecule has 0 spiro atoms. The lowest BCUT2D eigenvalue weighted by atomic mass is 10.1. The van der Waals surface area contributed by atoms with Gasteiger partial charge in [0.05, 0.1) is 13.7 Å². The molecule has 1 aromatic rings. The summed E-state index contributed by atoms with van der Waals surface area (Å²) in [5.41, 5.74) is 0.637. The van der Waals surface area contributed by atoms with Crippen LogP contribution in [0, 0.1) is 5.92 Å². The smallest absolute Gasteiger partial charge is 0.254 e. The Labute approximate surface area is 143 Å². The highest BCUT2D eigenvalue weighted by atomic mass is 16.5. The fraction of sp³-hybridized carbons (Fsp3) is 0.556. The van der Waals surface area contributed by atoms with E-state index in [9.17, 15) is 9.59 Å². The van der Waals surface area contributed by atoms with Crippen LogP contribution in [0.15, 0.2) is 24.3 Å². The maximum atomic E-state index is 12.5. The van der Waals surface area contributed by atoms with E-state index in [1.54, 1.807) is 19.2 Å². The Morgan fingerprint density at radius 1 is 1.21 bits per heavy atom. The molecule has 1 aliphatic heterocycles. The molecule has 24 heavy (non-hydrogen) atoms. The monoisotopic (exact) mass is 333 g/mol. The zero-order valence-electron chi connectivity index (χ0n) is 14.7. The highest BCUT2D eigenvalue weighted by Crippen LogP contribution is 2.15. The van der Waals surface area contributed by atoms with Gasteiger partial charge in [-0.3, -0.25) is 14.5 Å². The highest BCUT2D eigenvalue weighted by molar-refractivity contribution is 5.94. The summed E-state index contributed by atoms with van der Waals surface area (Å²) in [6.45, 7) is 7.93. The fourth-order valence-corrected chi connectivity index (χ4v) is 2.62. The van der Waals surface area contributed by atoms with Crippen molar-refractivity contribution in [2.45, 2.75) is 13.8 Å². The van der Waals surface area contributed by atoms with E-state index in [4.69, 9.17) is 4.74 Å². The average Bonchev–Trinajstić information content (AvgIpc) is 2.60. The Morgan fingerprint density at radius 3 is 2.54 bits per heavy atom. The van der Waals surface area contributed by atoms with Gasteiger partial charge in [0.15, 0.2) is 0 Å². The van der Waals surface area contributed by atoms with Crippen molar-refractivity contribution in [3.8, 4) is 5.75 Å². The van der Waals surface area contributed by atoms with Gasteiger partial charge in [0.1, 0.15) is 5.75 Å². The summed E-state index contributed by atoms with van der Waals surface area (Å²) < 4.78 is 5.17. The van der Waals surface area contributed by atoms with Crippen LogP contribution in [0.2, 0.25) is 0 Å². The lowest BCUT2D eigenvalue weighted by molar-refractivity contribution is -0.122. The van der Waals surface area contributed by atoms with Crippen molar-refractivity contribution in [3.05, 3.63) is 29.8 Å². The number of carbonyl (C=O) groups is 2. The molecular formula is C18H27N3O3. The van der Waals surface area contributed by atoms with Crippen molar-refractivity contribution in [1.29, 1.82) is 0 Å². The SMILES string of the molecule is COc1cccc(C(=O)N2CCN(CC(=O)NCC(C)C)CC2)c1. The number of carbonyl (C=O) groups excluding carboxylic acids is 2. The number of piperazine rings is 1. The van der Waals surface area contributed by atoms with Crippen LogP contribution in [0.1, 0.15) is 24.2 Å². The first kappa shape index (κ1) is 18.3. The number of rotatable bonds is 6. The van der Waals surface area contributed by atoms with E-state index in [1.165, 1.54) is 0 Å². The van der Waals surface area contributed by atoms with Crippen LogP contribution in [0.5, 0.6) is 5.75 Å². The van der Waals surface area contributed by atoms with Gasteiger partial charge in [0.25, 0.3) is 5.91 Å². The molecule has 2 rings (SSSR count). The number of nitrogens with one attached hydrogen (secondary N) is 1. The summed E-state index contributed by atoms with van der Waals surface area (Å²) in [7, 11) is 1.59. The van der Waals surface area contributed by atoms with Crippen LogP contribution in [0.25, 0.3) is 0 Å². The highest BCUT2D eigenvalue weighted by Gasteiger charge is 2.23. The molecule has 1 aromatic carbocycles. The predicted molar refractivity (Wildman–Crippen MR) is 93.2 cm³/mol. The zero-order chi connectivity index (χ0) is 17.5. The van der Waals surface area contributed by atoms with Gasteiger partial charge in [-0.2, -0.15) is 0 Å². The molecule has 6 nitrogen and oxygen atoms in total. The molecule has 132 valence electrons. The third kappa shape index (κ3) is 5.23. The van der Waals surface area contributed by atoms with Gasteiger partial charge in [0.2, 0.25) is 5.91 Å². The Morgan fingerprint density at radius 2 is 1.92 bits per heavy atom. The van der Waals surface area contributed by atoms with Crippen LogP contribution >= 0.6 is 0 Å². The normalized spacial score (nSPS) is 15.4. The minimum absolute atomic E-state index is 0.0119. The molecule has 0 radical (unpaired) electrons. The molecule has 0 atom stereocenters. The summed E-state index contributed by atoms with van der Waals surface area (Å²) in [6, 6.07) is 7.20. The average molecular weight is 333 g/mol. The Bertz CT molecular complexity index is 566. The quantitative estimate of drug-likeness (QED) is 0.850. The van der Waals surface area contributed by atoms with Gasteiger partial charge >= 0.3 is 0 Å². The standard InChI is InChI=1S/C18H27N3O3/c1-14(2)12-19-17(22)13-20-7-9-21(10-8-20)18(23)15-5-4-6-16(11-15)24-3/h4-6,11,14H,7-10,12-13H2,1-3H3,(H,19,22). The maximum Gasteiger partial charge on any atom is 0.254 e. The maximum absolute atomic E-state index is 12.5. The third-order valence-corrected chi connectivity index (χ3v) is 4.05. The minimum atomic E-state index is 0.0119. The molecule has 0 aromatic heterocycles. The second kappa shape index (κ2) is 8.68. The molecule has 0 bridgehead atoms. The number of ether oxygens (including phenoxy) is 1. The van der Waals surface area contributed by atoms with Crippen LogP contribution in [0.4, 0.5) is 0 Å². The first-order chi connectivity index (χ1) is 11.5. The van der Waals surface area contributed by atoms with E-state index in [1.807, 2.05) is 17.0 Å². The molecule has 2 amide bonds. The number of hydrogen-bond acceptors (Lipinski definition) is 4. The summed E-state index contributed by atoms with van der Waals surface area (Å²) >= 11 is 0. The zero-order valence-corrected chi connectivity index (χ0v) is 14.7. The molecule has 1 fully saturated rings. The summed E-state index contributed by atoms with van der Waals surface area (Å²) in [5.74, 6) is 1.20. The minimum Gasteiger partial charge on any atom is -0.497 e. The molecule has 0 saturated carbocycles. The first-order valence-electron chi connectivity index (χ1n) is 8.42. The van der Waals surface area contributed by atoms with E-state index in [-0.39, 0.29) is 11.8 Å². The van der Waals surface area contributed by atoms with Gasteiger partial charge in [-0.05, 0) is 24.1 Å². The van der Waals surface area contributed by atoms with Crippen LogP contribution < -0.4 is 10.1 Å². The predicted octanol–water partition coefficient (Wildman–Crippen LogP) is 1.23. The van der Waals surface area contributed by atoms with Gasteiger partial charge in [-0.1, -0.05) is 19.9 Å². The summed E-state index contributed by atoms with van der Waals surface area (Å²) in [5, 5.41) is 2.93. The second-order valence-corrected chi connectivity index (χ2v) is 6.50. The number of methoxy groups -OCH3 is 1. The number of nitrogens with zero attached hydrogens (tertiary/aromatic N) is 2. The van der Waals surface area contributed by atoms with Gasteiger partial charge in [-0.15, -0.1) is 0 Å². The molecule has 1 N–H and O–H groups in total. The molecule has 0 aliphatic carbocycles. The number of benzene rings is 1. The van der Waals surface area contributed by atoms with Crippen LogP contribution in [-0.2, 0) is 4.79 Å². The van der Waals surface area contributed by atoms with Crippen LogP contribution in [-0.4, -0.2) is 68.0 Å². The Kier molecular flexibility index (Phi) is 6.61. The van der Waals surface area contributed by atoms with Crippen molar-refractivity contribution in [2.24, 2.45) is 5.92 Å². The fourth-order valence-electron chi connectivity index (χ4n) is 2.62. The van der Waals surface area contributed by atoms with Gasteiger partial charge in [-0.25, -0.2) is 0 Å². The lowest BCUT2D eigenvalue weighted by Gasteiger charge is -2.34. The molecular weight excluding hydrogens is 306 g/mol. The lowest BCUT2D eigenvalue weighted by Crippen LogP contribution is -2.51. The van der Waals surface area contributed by atoms with Crippen molar-refractivity contribution < 1.29 is 14.3 Å². The summed E-state index contributed by atoms with van der Waals surface area (Å²) in [6.07, 6.45) is 0. The van der Waals surface area contributed by atoms with Crippen molar-refractivity contribution in [1.82, 2.24) is 15.1 Å². The van der Waals surface area contributed by atoms with E-state index in [0.29, 0.717) is 56.5 Å². The summed E-state index contributed by atoms with van der Waals surface area (Å²) in [4.78, 5) is 28.3. The Balaban J connectivity index is 1.81. The molecule has 1 saturated heterocycles. The van der Waals surface area contributed by atoms with Crippen molar-refractivity contribution in [2.75, 3.05) is 46.4 Å². The number of hydrogen-bond donors (Lipinski definition) is 1. The Hall–Kier alpha value is -2.08. The molecule has 1 aliphatic rings. The number of amides is 2. The topological polar surface area (TPSA) is 61.9 Å². The molecule has 1 heterocycles. The first-order valence-corrected chi connectivity index (χ1v) is 8.42. The van der Waals surface area contributed by atoms with Crippen molar-refractivity contribution in [3.63, 3.8) is 0 Å². The van der Waals surface area contributed by atoms with Gasteiger partial charge < -0.3 is 15.0 Å². The van der Waals surface area contributed by atoms with E-state index < -0.39 is 0 Å².